The number of ether oxygens (including phenoxy) is 1. The van der Waals surface area contributed by atoms with E-state index >= 15 is 0 Å². The zero-order valence-corrected chi connectivity index (χ0v) is 14.2. The molecular weight excluding hydrogens is 308 g/mol. The Hall–Kier alpha value is -2.70. The molecule has 7 heteroatoms. The molecule has 0 aliphatic carbocycles. The summed E-state index contributed by atoms with van der Waals surface area (Å²) < 4.78 is 6.25. The average molecular weight is 330 g/mol. The van der Waals surface area contributed by atoms with Crippen molar-refractivity contribution in [2.75, 3.05) is 13.7 Å². The summed E-state index contributed by atoms with van der Waals surface area (Å²) in [4.78, 5) is 25.5. The van der Waals surface area contributed by atoms with Crippen LogP contribution in [0.2, 0.25) is 0 Å². The predicted octanol–water partition coefficient (Wildman–Crippen LogP) is 1.74. The van der Waals surface area contributed by atoms with Crippen LogP contribution in [-0.2, 0) is 16.1 Å². The molecule has 128 valence electrons. The van der Waals surface area contributed by atoms with Gasteiger partial charge in [-0.15, -0.1) is 5.10 Å². The SMILES string of the molecule is COC(=O)CCN(C(=O)c1cn(Cc2ccccc2)nn1)C(C)C. The third kappa shape index (κ3) is 4.65. The van der Waals surface area contributed by atoms with Crippen LogP contribution in [0.5, 0.6) is 0 Å². The highest BCUT2D eigenvalue weighted by molar-refractivity contribution is 5.92. The van der Waals surface area contributed by atoms with Crippen LogP contribution in [0.4, 0.5) is 0 Å². The van der Waals surface area contributed by atoms with Crippen molar-refractivity contribution < 1.29 is 14.3 Å². The van der Waals surface area contributed by atoms with Gasteiger partial charge in [-0.05, 0) is 19.4 Å². The number of carbonyl (C=O) groups is 2. The van der Waals surface area contributed by atoms with Crippen molar-refractivity contribution in [2.45, 2.75) is 32.9 Å². The predicted molar refractivity (Wildman–Crippen MR) is 88.4 cm³/mol. The van der Waals surface area contributed by atoms with Crippen molar-refractivity contribution in [3.05, 3.63) is 47.8 Å². The largest absolute Gasteiger partial charge is 0.469 e. The van der Waals surface area contributed by atoms with E-state index in [1.807, 2.05) is 44.2 Å². The first-order valence-electron chi connectivity index (χ1n) is 7.83. The van der Waals surface area contributed by atoms with E-state index in [1.54, 1.807) is 15.8 Å². The molecule has 0 bridgehead atoms. The normalized spacial score (nSPS) is 10.7. The third-order valence-corrected chi connectivity index (χ3v) is 3.61. The van der Waals surface area contributed by atoms with Gasteiger partial charge in [0, 0.05) is 12.6 Å². The molecule has 7 nitrogen and oxygen atoms in total. The molecule has 0 fully saturated rings. The maximum absolute atomic E-state index is 12.6. The Labute approximate surface area is 141 Å². The summed E-state index contributed by atoms with van der Waals surface area (Å²) >= 11 is 0. The monoisotopic (exact) mass is 330 g/mol. The van der Waals surface area contributed by atoms with Crippen LogP contribution in [0, 0.1) is 0 Å². The zero-order valence-electron chi connectivity index (χ0n) is 14.2. The van der Waals surface area contributed by atoms with Crippen LogP contribution < -0.4 is 0 Å². The molecule has 0 spiro atoms. The molecule has 1 aromatic heterocycles. The van der Waals surface area contributed by atoms with Gasteiger partial charge in [0.15, 0.2) is 5.69 Å². The van der Waals surface area contributed by atoms with Crippen LogP contribution >= 0.6 is 0 Å². The number of amides is 1. The Morgan fingerprint density at radius 3 is 2.58 bits per heavy atom. The maximum atomic E-state index is 12.6. The van der Waals surface area contributed by atoms with Crippen LogP contribution in [0.3, 0.4) is 0 Å². The topological polar surface area (TPSA) is 77.3 Å². The van der Waals surface area contributed by atoms with Gasteiger partial charge in [-0.2, -0.15) is 0 Å². The molecule has 1 heterocycles. The number of methoxy groups -OCH3 is 1. The first-order valence-corrected chi connectivity index (χ1v) is 7.83. The second-order valence-electron chi connectivity index (χ2n) is 5.71. The minimum atomic E-state index is -0.346. The first-order chi connectivity index (χ1) is 11.5. The molecule has 2 aromatic rings. The maximum Gasteiger partial charge on any atom is 0.307 e. The molecule has 0 radical (unpaired) electrons. The molecule has 1 aromatic carbocycles. The molecule has 0 atom stereocenters. The summed E-state index contributed by atoms with van der Waals surface area (Å²) in [5.74, 6) is -0.589. The summed E-state index contributed by atoms with van der Waals surface area (Å²) in [6.07, 6.45) is 1.78. The second-order valence-corrected chi connectivity index (χ2v) is 5.71. The Kier molecular flexibility index (Phi) is 6.06. The van der Waals surface area contributed by atoms with E-state index in [-0.39, 0.29) is 36.6 Å². The van der Waals surface area contributed by atoms with Gasteiger partial charge in [0.25, 0.3) is 5.91 Å². The molecule has 2 rings (SSSR count). The Bertz CT molecular complexity index is 682. The lowest BCUT2D eigenvalue weighted by atomic mass is 10.2. The molecular formula is C17H22N4O3. The van der Waals surface area contributed by atoms with E-state index < -0.39 is 0 Å². The van der Waals surface area contributed by atoms with Crippen molar-refractivity contribution in [1.29, 1.82) is 0 Å². The molecule has 0 unspecified atom stereocenters. The standard InChI is InChI=1S/C17H22N4O3/c1-13(2)21(10-9-16(22)24-3)17(23)15-12-20(19-18-15)11-14-7-5-4-6-8-14/h4-8,12-13H,9-11H2,1-3H3. The Morgan fingerprint density at radius 2 is 1.96 bits per heavy atom. The number of rotatable bonds is 7. The van der Waals surface area contributed by atoms with E-state index in [4.69, 9.17) is 0 Å². The van der Waals surface area contributed by atoms with E-state index in [2.05, 4.69) is 15.0 Å². The smallest absolute Gasteiger partial charge is 0.307 e. The summed E-state index contributed by atoms with van der Waals surface area (Å²) in [7, 11) is 1.33. The Balaban J connectivity index is 2.05. The minimum Gasteiger partial charge on any atom is -0.469 e. The van der Waals surface area contributed by atoms with Gasteiger partial charge in [0.05, 0.1) is 26.3 Å². The van der Waals surface area contributed by atoms with Gasteiger partial charge < -0.3 is 9.64 Å². The summed E-state index contributed by atoms with van der Waals surface area (Å²) in [5, 5.41) is 7.98. The van der Waals surface area contributed by atoms with Crippen molar-refractivity contribution in [3.63, 3.8) is 0 Å². The van der Waals surface area contributed by atoms with E-state index in [0.717, 1.165) is 5.56 Å². The molecule has 1 amide bonds. The lowest BCUT2D eigenvalue weighted by Gasteiger charge is -2.25. The molecule has 0 aliphatic heterocycles. The van der Waals surface area contributed by atoms with Crippen LogP contribution in [0.1, 0.15) is 36.3 Å². The van der Waals surface area contributed by atoms with Crippen LogP contribution in [0.25, 0.3) is 0 Å². The van der Waals surface area contributed by atoms with Gasteiger partial charge in [-0.1, -0.05) is 35.5 Å². The molecule has 24 heavy (non-hydrogen) atoms. The van der Waals surface area contributed by atoms with Gasteiger partial charge in [0.2, 0.25) is 0 Å². The Morgan fingerprint density at radius 1 is 1.25 bits per heavy atom. The van der Waals surface area contributed by atoms with E-state index in [1.165, 1.54) is 7.11 Å². The quantitative estimate of drug-likeness (QED) is 0.723. The van der Waals surface area contributed by atoms with Gasteiger partial charge in [-0.3, -0.25) is 9.59 Å². The number of hydrogen-bond donors (Lipinski definition) is 0. The second kappa shape index (κ2) is 8.24. The summed E-state index contributed by atoms with van der Waals surface area (Å²) in [6, 6.07) is 9.76. The number of benzene rings is 1. The van der Waals surface area contributed by atoms with Crippen molar-refractivity contribution in [2.24, 2.45) is 0 Å². The molecule has 0 aliphatic rings. The number of carbonyl (C=O) groups excluding carboxylic acids is 2. The van der Waals surface area contributed by atoms with Crippen molar-refractivity contribution in [3.8, 4) is 0 Å². The van der Waals surface area contributed by atoms with E-state index in [9.17, 15) is 9.59 Å². The summed E-state index contributed by atoms with van der Waals surface area (Å²) in [5.41, 5.74) is 1.34. The molecule has 0 N–H and O–H groups in total. The highest BCUT2D eigenvalue weighted by Crippen LogP contribution is 2.08. The van der Waals surface area contributed by atoms with Gasteiger partial charge in [0.1, 0.15) is 0 Å². The number of esters is 1. The van der Waals surface area contributed by atoms with Crippen molar-refractivity contribution in [1.82, 2.24) is 19.9 Å². The highest BCUT2D eigenvalue weighted by atomic mass is 16.5. The molecule has 0 saturated heterocycles. The highest BCUT2D eigenvalue weighted by Gasteiger charge is 2.22. The molecule has 0 saturated carbocycles. The zero-order chi connectivity index (χ0) is 17.5. The number of nitrogens with zero attached hydrogens (tertiary/aromatic N) is 4. The number of aromatic nitrogens is 3. The average Bonchev–Trinajstić information content (AvgIpc) is 3.03. The number of hydrogen-bond acceptors (Lipinski definition) is 5. The van der Waals surface area contributed by atoms with Gasteiger partial charge >= 0.3 is 5.97 Å². The fourth-order valence-electron chi connectivity index (χ4n) is 2.30. The first kappa shape index (κ1) is 17.7. The lowest BCUT2D eigenvalue weighted by molar-refractivity contribution is -0.140. The fraction of sp³-hybridized carbons (Fsp3) is 0.412. The van der Waals surface area contributed by atoms with Crippen molar-refractivity contribution >= 4 is 11.9 Å². The van der Waals surface area contributed by atoms with Crippen LogP contribution in [0.15, 0.2) is 36.5 Å². The van der Waals surface area contributed by atoms with Gasteiger partial charge in [-0.25, -0.2) is 4.68 Å². The summed E-state index contributed by atoms with van der Waals surface area (Å²) in [6.45, 7) is 4.62. The minimum absolute atomic E-state index is 0.0542. The fourth-order valence-corrected chi connectivity index (χ4v) is 2.30. The van der Waals surface area contributed by atoms with E-state index in [0.29, 0.717) is 6.54 Å². The lowest BCUT2D eigenvalue weighted by Crippen LogP contribution is -2.38. The third-order valence-electron chi connectivity index (χ3n) is 3.61. The van der Waals surface area contributed by atoms with Crippen LogP contribution in [-0.4, -0.2) is 51.5 Å².